The molecule has 0 aliphatic carbocycles. The van der Waals surface area contributed by atoms with Crippen LogP contribution in [0.15, 0.2) is 0 Å². The maximum Gasteiger partial charge on any atom is 0.239 e. The highest BCUT2D eigenvalue weighted by Gasteiger charge is 2.10. The Morgan fingerprint density at radius 1 is 1.42 bits per heavy atom. The van der Waals surface area contributed by atoms with Crippen LogP contribution in [0.3, 0.4) is 0 Å². The fraction of sp³-hybridized carbons (Fsp3) is 0.750. The van der Waals surface area contributed by atoms with Gasteiger partial charge in [-0.2, -0.15) is 0 Å². The van der Waals surface area contributed by atoms with E-state index < -0.39 is 0 Å². The lowest BCUT2D eigenvalue weighted by Gasteiger charge is -2.18. The molecule has 0 aromatic rings. The van der Waals surface area contributed by atoms with E-state index in [0.717, 1.165) is 6.42 Å². The van der Waals surface area contributed by atoms with Crippen LogP contribution in [0.4, 0.5) is 0 Å². The number of rotatable bonds is 4. The van der Waals surface area contributed by atoms with Crippen molar-refractivity contribution in [3.8, 4) is 0 Å². The molecule has 0 fully saturated rings. The molecule has 0 rings (SSSR count). The van der Waals surface area contributed by atoms with Gasteiger partial charge in [-0.3, -0.25) is 9.59 Å². The van der Waals surface area contributed by atoms with Gasteiger partial charge in [-0.05, 0) is 6.42 Å². The second kappa shape index (κ2) is 5.57. The summed E-state index contributed by atoms with van der Waals surface area (Å²) in [5.41, 5.74) is 0. The van der Waals surface area contributed by atoms with Crippen molar-refractivity contribution in [1.82, 2.24) is 10.2 Å². The van der Waals surface area contributed by atoms with Crippen LogP contribution in [0.1, 0.15) is 20.3 Å². The van der Waals surface area contributed by atoms with E-state index in [1.54, 1.807) is 7.05 Å². The molecule has 70 valence electrons. The van der Waals surface area contributed by atoms with E-state index in [4.69, 9.17) is 0 Å². The molecule has 0 unspecified atom stereocenters. The summed E-state index contributed by atoms with van der Waals surface area (Å²) in [5, 5.41) is 2.48. The Labute approximate surface area is 72.9 Å². The highest BCUT2D eigenvalue weighted by Crippen LogP contribution is 1.91. The largest absolute Gasteiger partial charge is 0.358 e. The van der Waals surface area contributed by atoms with E-state index in [-0.39, 0.29) is 18.4 Å². The quantitative estimate of drug-likeness (QED) is 0.648. The third-order valence-corrected chi connectivity index (χ3v) is 1.55. The number of carbonyl (C=O) groups is 2. The van der Waals surface area contributed by atoms with Gasteiger partial charge in [-0.25, -0.2) is 0 Å². The monoisotopic (exact) mass is 172 g/mol. The third kappa shape index (κ3) is 3.95. The minimum absolute atomic E-state index is 0.0551. The summed E-state index contributed by atoms with van der Waals surface area (Å²) in [6.07, 6.45) is 0.872. The first-order valence-electron chi connectivity index (χ1n) is 4.07. The molecule has 0 aromatic carbocycles. The molecule has 2 amide bonds. The standard InChI is InChI=1S/C8H16N2O2/c1-4-5-10(7(2)11)6-8(12)9-3/h4-6H2,1-3H3,(H,9,12). The highest BCUT2D eigenvalue weighted by molar-refractivity contribution is 5.83. The minimum Gasteiger partial charge on any atom is -0.358 e. The third-order valence-electron chi connectivity index (χ3n) is 1.55. The van der Waals surface area contributed by atoms with E-state index in [9.17, 15) is 9.59 Å². The number of nitrogens with zero attached hydrogens (tertiary/aromatic N) is 1. The van der Waals surface area contributed by atoms with Gasteiger partial charge in [0, 0.05) is 20.5 Å². The van der Waals surface area contributed by atoms with Gasteiger partial charge in [-0.15, -0.1) is 0 Å². The summed E-state index contributed by atoms with van der Waals surface area (Å²) in [5.74, 6) is -0.181. The molecule has 0 aliphatic rings. The van der Waals surface area contributed by atoms with Crippen molar-refractivity contribution in [2.45, 2.75) is 20.3 Å². The van der Waals surface area contributed by atoms with Gasteiger partial charge in [-0.1, -0.05) is 6.92 Å². The second-order valence-corrected chi connectivity index (χ2v) is 2.61. The minimum atomic E-state index is -0.126. The molecule has 0 saturated heterocycles. The number of nitrogens with one attached hydrogen (secondary N) is 1. The fourth-order valence-electron chi connectivity index (χ4n) is 0.870. The summed E-state index contributed by atoms with van der Waals surface area (Å²) in [6.45, 7) is 4.25. The first kappa shape index (κ1) is 10.9. The lowest BCUT2D eigenvalue weighted by molar-refractivity contribution is -0.134. The molecular formula is C8H16N2O2. The molecule has 1 N–H and O–H groups in total. The lowest BCUT2D eigenvalue weighted by atomic mass is 10.4. The Hall–Kier alpha value is -1.06. The normalized spacial score (nSPS) is 9.25. The lowest BCUT2D eigenvalue weighted by Crippen LogP contribution is -2.38. The second-order valence-electron chi connectivity index (χ2n) is 2.61. The topological polar surface area (TPSA) is 49.4 Å². The molecule has 4 nitrogen and oxygen atoms in total. The van der Waals surface area contributed by atoms with Gasteiger partial charge in [0.15, 0.2) is 0 Å². The average molecular weight is 172 g/mol. The van der Waals surface area contributed by atoms with Crippen molar-refractivity contribution < 1.29 is 9.59 Å². The molecule has 0 spiro atoms. The predicted molar refractivity (Wildman–Crippen MR) is 46.6 cm³/mol. The Balaban J connectivity index is 3.95. The van der Waals surface area contributed by atoms with Crippen molar-refractivity contribution in [3.05, 3.63) is 0 Å². The van der Waals surface area contributed by atoms with Gasteiger partial charge >= 0.3 is 0 Å². The summed E-state index contributed by atoms with van der Waals surface area (Å²) < 4.78 is 0. The molecule has 0 saturated carbocycles. The zero-order chi connectivity index (χ0) is 9.56. The van der Waals surface area contributed by atoms with Crippen molar-refractivity contribution in [2.75, 3.05) is 20.1 Å². The smallest absolute Gasteiger partial charge is 0.239 e. The average Bonchev–Trinajstić information content (AvgIpc) is 2.03. The van der Waals surface area contributed by atoms with E-state index in [0.29, 0.717) is 6.54 Å². The van der Waals surface area contributed by atoms with Gasteiger partial charge in [0.05, 0.1) is 6.54 Å². The summed E-state index contributed by atoms with van der Waals surface area (Å²) >= 11 is 0. The molecule has 0 atom stereocenters. The van der Waals surface area contributed by atoms with E-state index in [2.05, 4.69) is 5.32 Å². The molecule has 0 aromatic heterocycles. The first-order valence-corrected chi connectivity index (χ1v) is 4.07. The van der Waals surface area contributed by atoms with E-state index in [1.807, 2.05) is 6.92 Å². The van der Waals surface area contributed by atoms with Gasteiger partial charge in [0.25, 0.3) is 0 Å². The SMILES string of the molecule is CCCN(CC(=O)NC)C(C)=O. The first-order chi connectivity index (χ1) is 5.61. The maximum absolute atomic E-state index is 10.9. The molecule has 0 radical (unpaired) electrons. The van der Waals surface area contributed by atoms with Gasteiger partial charge in [0.1, 0.15) is 0 Å². The predicted octanol–water partition coefficient (Wildman–Crippen LogP) is -0.00910. The van der Waals surface area contributed by atoms with Crippen LogP contribution >= 0.6 is 0 Å². The Morgan fingerprint density at radius 3 is 2.33 bits per heavy atom. The summed E-state index contributed by atoms with van der Waals surface area (Å²) in [4.78, 5) is 23.4. The van der Waals surface area contributed by atoms with Crippen molar-refractivity contribution in [2.24, 2.45) is 0 Å². The van der Waals surface area contributed by atoms with Crippen LogP contribution in [0, 0.1) is 0 Å². The number of likely N-dealkylation sites (N-methyl/N-ethyl adjacent to an activating group) is 1. The molecule has 0 bridgehead atoms. The Bertz CT molecular complexity index is 166. The van der Waals surface area contributed by atoms with Crippen LogP contribution in [-0.4, -0.2) is 36.9 Å². The van der Waals surface area contributed by atoms with Gasteiger partial charge < -0.3 is 10.2 Å². The van der Waals surface area contributed by atoms with E-state index >= 15 is 0 Å². The summed E-state index contributed by atoms with van der Waals surface area (Å²) in [6, 6.07) is 0. The van der Waals surface area contributed by atoms with Crippen LogP contribution in [-0.2, 0) is 9.59 Å². The number of amides is 2. The summed E-state index contributed by atoms with van der Waals surface area (Å²) in [7, 11) is 1.56. The molecule has 4 heteroatoms. The molecular weight excluding hydrogens is 156 g/mol. The Morgan fingerprint density at radius 2 is 2.00 bits per heavy atom. The maximum atomic E-state index is 10.9. The number of carbonyl (C=O) groups excluding carboxylic acids is 2. The fourth-order valence-corrected chi connectivity index (χ4v) is 0.870. The van der Waals surface area contributed by atoms with Crippen LogP contribution in [0.5, 0.6) is 0 Å². The van der Waals surface area contributed by atoms with Crippen molar-refractivity contribution in [3.63, 3.8) is 0 Å². The Kier molecular flexibility index (Phi) is 5.08. The number of hydrogen-bond donors (Lipinski definition) is 1. The van der Waals surface area contributed by atoms with Crippen LogP contribution < -0.4 is 5.32 Å². The van der Waals surface area contributed by atoms with Gasteiger partial charge in [0.2, 0.25) is 11.8 Å². The van der Waals surface area contributed by atoms with Crippen LogP contribution in [0.25, 0.3) is 0 Å². The van der Waals surface area contributed by atoms with E-state index in [1.165, 1.54) is 11.8 Å². The number of hydrogen-bond acceptors (Lipinski definition) is 2. The van der Waals surface area contributed by atoms with Crippen LogP contribution in [0.2, 0.25) is 0 Å². The molecule has 12 heavy (non-hydrogen) atoms. The zero-order valence-corrected chi connectivity index (χ0v) is 7.89. The molecule has 0 aliphatic heterocycles. The van der Waals surface area contributed by atoms with Crippen molar-refractivity contribution >= 4 is 11.8 Å². The highest BCUT2D eigenvalue weighted by atomic mass is 16.2. The van der Waals surface area contributed by atoms with Crippen molar-refractivity contribution in [1.29, 1.82) is 0 Å². The molecule has 0 heterocycles. The zero-order valence-electron chi connectivity index (χ0n) is 7.89.